The van der Waals surface area contributed by atoms with E-state index in [4.69, 9.17) is 5.73 Å². The Balaban J connectivity index is 0.00000400. The van der Waals surface area contributed by atoms with Gasteiger partial charge in [0.1, 0.15) is 0 Å². The Kier molecular flexibility index (Phi) is 5.99. The maximum absolute atomic E-state index is 12.8. The molecule has 2 unspecified atom stereocenters. The highest BCUT2D eigenvalue weighted by molar-refractivity contribution is 5.85. The van der Waals surface area contributed by atoms with Crippen LogP contribution in [0.15, 0.2) is 0 Å². The molecule has 1 saturated heterocycles. The molecule has 0 saturated carbocycles. The standard InChI is InChI=1S/C11H16F6N2O.ClH/c1-6(7(2)18)8(20)19-4-3-9(5-19,10(12,13)14)11(15,16)17;/h6-7H,3-5,18H2,1-2H3;1H. The van der Waals surface area contributed by atoms with Crippen LogP contribution in [0.1, 0.15) is 20.3 Å². The van der Waals surface area contributed by atoms with Crippen molar-refractivity contribution in [2.24, 2.45) is 17.1 Å². The van der Waals surface area contributed by atoms with Gasteiger partial charge >= 0.3 is 12.4 Å². The van der Waals surface area contributed by atoms with E-state index in [0.717, 1.165) is 0 Å². The molecule has 3 nitrogen and oxygen atoms in total. The van der Waals surface area contributed by atoms with Crippen LogP contribution < -0.4 is 5.73 Å². The Labute approximate surface area is 124 Å². The fourth-order valence-corrected chi connectivity index (χ4v) is 2.13. The van der Waals surface area contributed by atoms with Gasteiger partial charge in [-0.25, -0.2) is 0 Å². The largest absolute Gasteiger partial charge is 0.404 e. The lowest BCUT2D eigenvalue weighted by Crippen LogP contribution is -2.52. The van der Waals surface area contributed by atoms with Crippen molar-refractivity contribution < 1.29 is 31.1 Å². The maximum Gasteiger partial charge on any atom is 0.404 e. The molecule has 10 heteroatoms. The summed E-state index contributed by atoms with van der Waals surface area (Å²) in [6, 6.07) is -0.644. The van der Waals surface area contributed by atoms with Crippen molar-refractivity contribution in [3.8, 4) is 0 Å². The first-order valence-corrected chi connectivity index (χ1v) is 6.01. The first-order chi connectivity index (χ1) is 8.83. The highest BCUT2D eigenvalue weighted by atomic mass is 35.5. The average molecular weight is 343 g/mol. The van der Waals surface area contributed by atoms with Crippen molar-refractivity contribution in [2.75, 3.05) is 13.1 Å². The quantitative estimate of drug-likeness (QED) is 0.784. The van der Waals surface area contributed by atoms with Crippen LogP contribution in [0.3, 0.4) is 0 Å². The average Bonchev–Trinajstić information content (AvgIpc) is 2.71. The summed E-state index contributed by atoms with van der Waals surface area (Å²) in [4.78, 5) is 12.4. The summed E-state index contributed by atoms with van der Waals surface area (Å²) in [6.07, 6.45) is -12.1. The minimum Gasteiger partial charge on any atom is -0.341 e. The van der Waals surface area contributed by atoms with Gasteiger partial charge in [-0.15, -0.1) is 12.4 Å². The second-order valence-corrected chi connectivity index (χ2v) is 5.24. The van der Waals surface area contributed by atoms with Crippen molar-refractivity contribution in [3.05, 3.63) is 0 Å². The summed E-state index contributed by atoms with van der Waals surface area (Å²) in [6.45, 7) is 0.887. The molecule has 21 heavy (non-hydrogen) atoms. The summed E-state index contributed by atoms with van der Waals surface area (Å²) >= 11 is 0. The minimum absolute atomic E-state index is 0. The topological polar surface area (TPSA) is 46.3 Å². The van der Waals surface area contributed by atoms with E-state index in [1.807, 2.05) is 0 Å². The molecule has 0 radical (unpaired) electrons. The molecule has 0 aromatic rings. The van der Waals surface area contributed by atoms with E-state index in [2.05, 4.69) is 0 Å². The molecule has 1 heterocycles. The van der Waals surface area contributed by atoms with E-state index < -0.39 is 55.1 Å². The first kappa shape index (κ1) is 20.3. The molecule has 1 aliphatic heterocycles. The van der Waals surface area contributed by atoms with Gasteiger partial charge in [0.25, 0.3) is 0 Å². The fraction of sp³-hybridized carbons (Fsp3) is 0.909. The zero-order valence-electron chi connectivity index (χ0n) is 11.4. The Morgan fingerprint density at radius 1 is 1.14 bits per heavy atom. The number of nitrogens with zero attached hydrogens (tertiary/aromatic N) is 1. The number of hydrogen-bond acceptors (Lipinski definition) is 2. The molecule has 126 valence electrons. The van der Waals surface area contributed by atoms with Crippen LogP contribution in [0.25, 0.3) is 0 Å². The molecule has 1 rings (SSSR count). The Morgan fingerprint density at radius 3 is 1.86 bits per heavy atom. The Hall–Kier alpha value is -0.700. The van der Waals surface area contributed by atoms with Crippen LogP contribution >= 0.6 is 12.4 Å². The lowest BCUT2D eigenvalue weighted by molar-refractivity contribution is -0.334. The molecule has 0 bridgehead atoms. The van der Waals surface area contributed by atoms with Gasteiger partial charge in [-0.1, -0.05) is 6.92 Å². The molecule has 1 aliphatic rings. The summed E-state index contributed by atoms with van der Waals surface area (Å²) in [7, 11) is 0. The van der Waals surface area contributed by atoms with Crippen LogP contribution in [-0.4, -0.2) is 42.3 Å². The smallest absolute Gasteiger partial charge is 0.341 e. The molecule has 2 N–H and O–H groups in total. The summed E-state index contributed by atoms with van der Waals surface area (Å²) in [5.41, 5.74) is 1.61. The molecule has 2 atom stereocenters. The number of halogens is 7. The molecular weight excluding hydrogens is 326 g/mol. The van der Waals surface area contributed by atoms with Crippen molar-refractivity contribution >= 4 is 18.3 Å². The van der Waals surface area contributed by atoms with Crippen LogP contribution in [-0.2, 0) is 4.79 Å². The first-order valence-electron chi connectivity index (χ1n) is 6.01. The number of rotatable bonds is 2. The van der Waals surface area contributed by atoms with E-state index in [1.165, 1.54) is 13.8 Å². The van der Waals surface area contributed by atoms with Crippen molar-refractivity contribution in [1.82, 2.24) is 4.90 Å². The summed E-state index contributed by atoms with van der Waals surface area (Å²) < 4.78 is 77.0. The third kappa shape index (κ3) is 3.56. The molecule has 0 spiro atoms. The SMILES string of the molecule is CC(N)C(C)C(=O)N1CCC(C(F)(F)F)(C(F)(F)F)C1.Cl. The highest BCUT2D eigenvalue weighted by Gasteiger charge is 2.72. The number of likely N-dealkylation sites (tertiary alicyclic amines) is 1. The number of amides is 1. The molecule has 1 fully saturated rings. The van der Waals surface area contributed by atoms with Gasteiger partial charge in [-0.3, -0.25) is 4.79 Å². The monoisotopic (exact) mass is 342 g/mol. The van der Waals surface area contributed by atoms with Crippen LogP contribution in [0.4, 0.5) is 26.3 Å². The Morgan fingerprint density at radius 2 is 1.57 bits per heavy atom. The predicted octanol–water partition coefficient (Wildman–Crippen LogP) is 2.73. The van der Waals surface area contributed by atoms with E-state index >= 15 is 0 Å². The van der Waals surface area contributed by atoms with Crippen LogP contribution in [0, 0.1) is 11.3 Å². The van der Waals surface area contributed by atoms with E-state index in [9.17, 15) is 31.1 Å². The van der Waals surface area contributed by atoms with Crippen LogP contribution in [0.5, 0.6) is 0 Å². The van der Waals surface area contributed by atoms with Gasteiger partial charge in [-0.2, -0.15) is 26.3 Å². The van der Waals surface area contributed by atoms with Gasteiger partial charge in [0.15, 0.2) is 5.41 Å². The van der Waals surface area contributed by atoms with Gasteiger partial charge in [-0.05, 0) is 13.3 Å². The third-order valence-electron chi connectivity index (χ3n) is 3.84. The number of hydrogen-bond donors (Lipinski definition) is 1. The highest BCUT2D eigenvalue weighted by Crippen LogP contribution is 2.55. The van der Waals surface area contributed by atoms with Crippen molar-refractivity contribution in [1.29, 1.82) is 0 Å². The van der Waals surface area contributed by atoms with E-state index in [1.54, 1.807) is 0 Å². The summed E-state index contributed by atoms with van der Waals surface area (Å²) in [5.74, 6) is -1.61. The second-order valence-electron chi connectivity index (χ2n) is 5.24. The number of carbonyl (C=O) groups excluding carboxylic acids is 1. The molecular formula is C11H17ClF6N2O. The third-order valence-corrected chi connectivity index (χ3v) is 3.84. The molecule has 0 aliphatic carbocycles. The normalized spacial score (nSPS) is 21.7. The predicted molar refractivity (Wildman–Crippen MR) is 65.8 cm³/mol. The summed E-state index contributed by atoms with van der Waals surface area (Å²) in [5, 5.41) is 0. The fourth-order valence-electron chi connectivity index (χ4n) is 2.13. The lowest BCUT2D eigenvalue weighted by Gasteiger charge is -2.34. The molecule has 0 aromatic carbocycles. The maximum atomic E-state index is 12.8. The second kappa shape index (κ2) is 6.20. The van der Waals surface area contributed by atoms with Crippen molar-refractivity contribution in [2.45, 2.75) is 38.7 Å². The van der Waals surface area contributed by atoms with Gasteiger partial charge < -0.3 is 10.6 Å². The number of nitrogens with two attached hydrogens (primary N) is 1. The minimum atomic E-state index is -5.45. The van der Waals surface area contributed by atoms with Crippen molar-refractivity contribution in [3.63, 3.8) is 0 Å². The zero-order chi connectivity index (χ0) is 15.9. The number of carbonyl (C=O) groups is 1. The molecule has 1 amide bonds. The lowest BCUT2D eigenvalue weighted by atomic mass is 9.85. The van der Waals surface area contributed by atoms with E-state index in [0.29, 0.717) is 4.90 Å². The van der Waals surface area contributed by atoms with Gasteiger partial charge in [0, 0.05) is 19.1 Å². The zero-order valence-corrected chi connectivity index (χ0v) is 12.2. The van der Waals surface area contributed by atoms with Crippen LogP contribution in [0.2, 0.25) is 0 Å². The molecule has 0 aromatic heterocycles. The number of alkyl halides is 6. The van der Waals surface area contributed by atoms with Gasteiger partial charge in [0.2, 0.25) is 5.91 Å². The van der Waals surface area contributed by atoms with Gasteiger partial charge in [0.05, 0.1) is 5.92 Å². The Bertz CT molecular complexity index is 368. The van der Waals surface area contributed by atoms with E-state index in [-0.39, 0.29) is 12.4 Å².